The Morgan fingerprint density at radius 3 is 2.53 bits per heavy atom. The number of amides is 1. The summed E-state index contributed by atoms with van der Waals surface area (Å²) >= 11 is 1.51. The fourth-order valence-corrected chi connectivity index (χ4v) is 4.75. The molecule has 1 amide bonds. The number of benzene rings is 3. The lowest BCUT2D eigenvalue weighted by Crippen LogP contribution is -2.14. The summed E-state index contributed by atoms with van der Waals surface area (Å²) in [7, 11) is 0. The Hall–Kier alpha value is -3.51. The molecule has 150 valence electrons. The monoisotopic (exact) mass is 416 g/mol. The van der Waals surface area contributed by atoms with Crippen LogP contribution >= 0.6 is 11.3 Å². The van der Waals surface area contributed by atoms with Crippen LogP contribution in [0.2, 0.25) is 0 Å². The van der Waals surface area contributed by atoms with E-state index in [0.29, 0.717) is 0 Å². The van der Waals surface area contributed by atoms with Gasteiger partial charge in [-0.3, -0.25) is 14.9 Å². The van der Waals surface area contributed by atoms with E-state index in [2.05, 4.69) is 11.4 Å². The zero-order valence-electron chi connectivity index (χ0n) is 16.6. The molecule has 0 fully saturated rings. The molecule has 3 aromatic carbocycles. The van der Waals surface area contributed by atoms with E-state index in [1.165, 1.54) is 17.4 Å². The maximum atomic E-state index is 12.8. The van der Waals surface area contributed by atoms with Crippen molar-refractivity contribution in [2.45, 2.75) is 20.3 Å². The fourth-order valence-electron chi connectivity index (χ4n) is 3.55. The van der Waals surface area contributed by atoms with Gasteiger partial charge in [-0.1, -0.05) is 42.0 Å². The van der Waals surface area contributed by atoms with Gasteiger partial charge in [0.2, 0.25) is 5.91 Å². The SMILES string of the molecule is Cc1ccc(C)c(-c2c(CC(=O)Nc3ccccc3)sc3ccc([N+](=O)[O-])cc23)c1. The number of aryl methyl sites for hydroxylation is 2. The highest BCUT2D eigenvalue weighted by molar-refractivity contribution is 7.19. The minimum Gasteiger partial charge on any atom is -0.326 e. The van der Waals surface area contributed by atoms with Gasteiger partial charge in [-0.15, -0.1) is 11.3 Å². The van der Waals surface area contributed by atoms with Gasteiger partial charge >= 0.3 is 0 Å². The largest absolute Gasteiger partial charge is 0.326 e. The number of carbonyl (C=O) groups is 1. The number of nitrogens with zero attached hydrogens (tertiary/aromatic N) is 1. The van der Waals surface area contributed by atoms with Crippen LogP contribution in [0.4, 0.5) is 11.4 Å². The lowest BCUT2D eigenvalue weighted by atomic mass is 9.95. The summed E-state index contributed by atoms with van der Waals surface area (Å²) in [5, 5.41) is 15.1. The highest BCUT2D eigenvalue weighted by Crippen LogP contribution is 2.42. The minimum absolute atomic E-state index is 0.0483. The highest BCUT2D eigenvalue weighted by Gasteiger charge is 2.20. The van der Waals surface area contributed by atoms with E-state index in [-0.39, 0.29) is 22.9 Å². The molecule has 30 heavy (non-hydrogen) atoms. The van der Waals surface area contributed by atoms with E-state index in [1.54, 1.807) is 12.1 Å². The number of anilines is 1. The van der Waals surface area contributed by atoms with Gasteiger partial charge in [-0.05, 0) is 43.2 Å². The number of nitro groups is 1. The minimum atomic E-state index is -0.383. The molecule has 0 atom stereocenters. The Morgan fingerprint density at radius 2 is 1.80 bits per heavy atom. The van der Waals surface area contributed by atoms with Crippen LogP contribution in [0.25, 0.3) is 21.2 Å². The topological polar surface area (TPSA) is 72.2 Å². The first-order valence-corrected chi connectivity index (χ1v) is 10.4. The van der Waals surface area contributed by atoms with Crippen molar-refractivity contribution in [2.75, 3.05) is 5.32 Å². The molecule has 6 heteroatoms. The number of para-hydroxylation sites is 1. The fraction of sp³-hybridized carbons (Fsp3) is 0.125. The van der Waals surface area contributed by atoms with Crippen LogP contribution in [0.15, 0.2) is 66.7 Å². The molecule has 0 aliphatic heterocycles. The number of hydrogen-bond acceptors (Lipinski definition) is 4. The van der Waals surface area contributed by atoms with Crippen molar-refractivity contribution in [3.63, 3.8) is 0 Å². The normalized spacial score (nSPS) is 10.9. The standard InChI is InChI=1S/C24H20N2O3S/c1-15-8-9-16(2)19(12-15)24-20-13-18(26(28)29)10-11-21(20)30-22(24)14-23(27)25-17-6-4-3-5-7-17/h3-13H,14H2,1-2H3,(H,25,27). The molecule has 4 rings (SSSR count). The van der Waals surface area contributed by atoms with Crippen molar-refractivity contribution >= 4 is 38.7 Å². The summed E-state index contributed by atoms with van der Waals surface area (Å²) in [5.74, 6) is -0.117. The van der Waals surface area contributed by atoms with Gasteiger partial charge in [0, 0.05) is 38.3 Å². The van der Waals surface area contributed by atoms with E-state index in [9.17, 15) is 14.9 Å². The Labute approximate surface area is 178 Å². The summed E-state index contributed by atoms with van der Waals surface area (Å²) in [6.07, 6.45) is 0.199. The number of nitro benzene ring substituents is 1. The van der Waals surface area contributed by atoms with Gasteiger partial charge in [0.1, 0.15) is 0 Å². The third-order valence-electron chi connectivity index (χ3n) is 5.00. The maximum absolute atomic E-state index is 12.8. The van der Waals surface area contributed by atoms with Gasteiger partial charge < -0.3 is 5.32 Å². The van der Waals surface area contributed by atoms with Gasteiger partial charge in [0.15, 0.2) is 0 Å². The third kappa shape index (κ3) is 3.95. The second-order valence-corrected chi connectivity index (χ2v) is 8.38. The lowest BCUT2D eigenvalue weighted by Gasteiger charge is -2.10. The zero-order chi connectivity index (χ0) is 21.3. The third-order valence-corrected chi connectivity index (χ3v) is 6.17. The van der Waals surface area contributed by atoms with E-state index < -0.39 is 0 Å². The molecule has 0 radical (unpaired) electrons. The first-order chi connectivity index (χ1) is 14.4. The summed E-state index contributed by atoms with van der Waals surface area (Å²) in [5.41, 5.74) is 4.86. The van der Waals surface area contributed by atoms with E-state index in [0.717, 1.165) is 42.9 Å². The zero-order valence-corrected chi connectivity index (χ0v) is 17.5. The molecular formula is C24H20N2O3S. The molecule has 0 aliphatic rings. The Morgan fingerprint density at radius 1 is 1.03 bits per heavy atom. The molecule has 1 heterocycles. The number of carbonyl (C=O) groups excluding carboxylic acids is 1. The molecule has 1 N–H and O–H groups in total. The summed E-state index contributed by atoms with van der Waals surface area (Å²) in [6.45, 7) is 4.03. The number of thiophene rings is 1. The molecule has 4 aromatic rings. The van der Waals surface area contributed by atoms with Gasteiger partial charge in [-0.25, -0.2) is 0 Å². The van der Waals surface area contributed by atoms with Crippen LogP contribution in [-0.4, -0.2) is 10.8 Å². The van der Waals surface area contributed by atoms with E-state index in [1.807, 2.05) is 56.3 Å². The average Bonchev–Trinajstić information content (AvgIpc) is 3.07. The molecule has 0 saturated heterocycles. The van der Waals surface area contributed by atoms with Crippen molar-refractivity contribution in [2.24, 2.45) is 0 Å². The van der Waals surface area contributed by atoms with Crippen molar-refractivity contribution in [3.8, 4) is 11.1 Å². The van der Waals surface area contributed by atoms with Crippen molar-refractivity contribution < 1.29 is 9.72 Å². The summed E-state index contributed by atoms with van der Waals surface area (Å²) in [6, 6.07) is 20.4. The summed E-state index contributed by atoms with van der Waals surface area (Å²) < 4.78 is 0.930. The molecule has 0 unspecified atom stereocenters. The first kappa shape index (κ1) is 19.8. The van der Waals surface area contributed by atoms with E-state index >= 15 is 0 Å². The van der Waals surface area contributed by atoms with Crippen LogP contribution in [0.5, 0.6) is 0 Å². The number of rotatable bonds is 5. The average molecular weight is 417 g/mol. The number of non-ortho nitro benzene ring substituents is 1. The van der Waals surface area contributed by atoms with Crippen molar-refractivity contribution in [1.82, 2.24) is 0 Å². The summed E-state index contributed by atoms with van der Waals surface area (Å²) in [4.78, 5) is 24.6. The van der Waals surface area contributed by atoms with Crippen LogP contribution in [0.3, 0.4) is 0 Å². The van der Waals surface area contributed by atoms with Crippen LogP contribution in [0.1, 0.15) is 16.0 Å². The Balaban J connectivity index is 1.83. The second-order valence-electron chi connectivity index (χ2n) is 7.25. The Kier molecular flexibility index (Phi) is 5.33. The second kappa shape index (κ2) is 8.08. The van der Waals surface area contributed by atoms with Crippen LogP contribution in [0, 0.1) is 24.0 Å². The quantitative estimate of drug-likeness (QED) is 0.308. The number of hydrogen-bond donors (Lipinski definition) is 1. The Bertz CT molecular complexity index is 1260. The number of nitrogens with one attached hydrogen (secondary N) is 1. The molecule has 5 nitrogen and oxygen atoms in total. The van der Waals surface area contributed by atoms with Crippen molar-refractivity contribution in [1.29, 1.82) is 0 Å². The molecule has 0 aliphatic carbocycles. The first-order valence-electron chi connectivity index (χ1n) is 9.54. The van der Waals surface area contributed by atoms with Crippen LogP contribution < -0.4 is 5.32 Å². The smallest absolute Gasteiger partial charge is 0.270 e. The highest BCUT2D eigenvalue weighted by atomic mass is 32.1. The number of fused-ring (bicyclic) bond motifs is 1. The maximum Gasteiger partial charge on any atom is 0.270 e. The van der Waals surface area contributed by atoms with Gasteiger partial charge in [0.25, 0.3) is 5.69 Å². The van der Waals surface area contributed by atoms with Crippen molar-refractivity contribution in [3.05, 3.63) is 92.8 Å². The predicted octanol–water partition coefficient (Wildman–Crippen LogP) is 6.27. The van der Waals surface area contributed by atoms with Gasteiger partial charge in [-0.2, -0.15) is 0 Å². The van der Waals surface area contributed by atoms with Gasteiger partial charge in [0.05, 0.1) is 11.3 Å². The van der Waals surface area contributed by atoms with E-state index in [4.69, 9.17) is 0 Å². The molecule has 0 saturated carbocycles. The molecule has 0 bridgehead atoms. The van der Waals surface area contributed by atoms with Crippen LogP contribution in [-0.2, 0) is 11.2 Å². The molecule has 1 aromatic heterocycles. The predicted molar refractivity (Wildman–Crippen MR) is 122 cm³/mol. The lowest BCUT2D eigenvalue weighted by molar-refractivity contribution is -0.384. The molecular weight excluding hydrogens is 396 g/mol. The molecule has 0 spiro atoms.